The zero-order valence-corrected chi connectivity index (χ0v) is 16.4. The van der Waals surface area contributed by atoms with Crippen LogP contribution in [-0.4, -0.2) is 18.2 Å². The second-order valence-electron chi connectivity index (χ2n) is 6.74. The third-order valence-corrected chi connectivity index (χ3v) is 4.78. The SMILES string of the molecule is COc1ccc2c(Oc3ccc(/C=C/C(=O)O)cc3)c(-c3ccccc3)ccc2c1. The van der Waals surface area contributed by atoms with Crippen LogP contribution >= 0.6 is 0 Å². The molecule has 4 aromatic carbocycles. The van der Waals surface area contributed by atoms with Crippen LogP contribution in [0.3, 0.4) is 0 Å². The minimum Gasteiger partial charge on any atom is -0.497 e. The first-order chi connectivity index (χ1) is 14.6. The van der Waals surface area contributed by atoms with Crippen LogP contribution < -0.4 is 9.47 Å². The number of carbonyl (C=O) groups is 1. The first-order valence-electron chi connectivity index (χ1n) is 9.49. The number of carboxylic acid groups (broad SMARTS) is 1. The molecule has 0 aliphatic carbocycles. The molecule has 0 aromatic heterocycles. The smallest absolute Gasteiger partial charge is 0.328 e. The predicted molar refractivity (Wildman–Crippen MR) is 119 cm³/mol. The molecule has 0 unspecified atom stereocenters. The quantitative estimate of drug-likeness (QED) is 0.383. The van der Waals surface area contributed by atoms with Gasteiger partial charge in [0.1, 0.15) is 17.2 Å². The zero-order chi connectivity index (χ0) is 20.9. The minimum absolute atomic E-state index is 0.669. The third kappa shape index (κ3) is 4.18. The summed E-state index contributed by atoms with van der Waals surface area (Å²) in [5.74, 6) is 1.24. The summed E-state index contributed by atoms with van der Waals surface area (Å²) in [6, 6.07) is 27.4. The van der Waals surface area contributed by atoms with Crippen LogP contribution in [0.1, 0.15) is 5.56 Å². The highest BCUT2D eigenvalue weighted by Gasteiger charge is 2.13. The van der Waals surface area contributed by atoms with Crippen molar-refractivity contribution in [2.24, 2.45) is 0 Å². The van der Waals surface area contributed by atoms with E-state index in [4.69, 9.17) is 14.6 Å². The minimum atomic E-state index is -0.978. The number of hydrogen-bond donors (Lipinski definition) is 1. The fourth-order valence-electron chi connectivity index (χ4n) is 3.29. The van der Waals surface area contributed by atoms with Gasteiger partial charge in [-0.05, 0) is 59.0 Å². The van der Waals surface area contributed by atoms with Crippen molar-refractivity contribution in [3.63, 3.8) is 0 Å². The lowest BCUT2D eigenvalue weighted by Gasteiger charge is -2.15. The van der Waals surface area contributed by atoms with Crippen molar-refractivity contribution in [1.82, 2.24) is 0 Å². The van der Waals surface area contributed by atoms with Crippen molar-refractivity contribution in [3.05, 3.63) is 96.6 Å². The number of hydrogen-bond acceptors (Lipinski definition) is 3. The fraction of sp³-hybridized carbons (Fsp3) is 0.0385. The topological polar surface area (TPSA) is 55.8 Å². The molecule has 4 nitrogen and oxygen atoms in total. The van der Waals surface area contributed by atoms with Gasteiger partial charge in [0.05, 0.1) is 7.11 Å². The van der Waals surface area contributed by atoms with Crippen molar-refractivity contribution < 1.29 is 19.4 Å². The van der Waals surface area contributed by atoms with E-state index in [0.717, 1.165) is 45.0 Å². The summed E-state index contributed by atoms with van der Waals surface area (Å²) in [6.45, 7) is 0. The Labute approximate surface area is 174 Å². The third-order valence-electron chi connectivity index (χ3n) is 4.78. The van der Waals surface area contributed by atoms with Gasteiger partial charge in [-0.1, -0.05) is 48.5 Å². The molecular formula is C26H20O4. The van der Waals surface area contributed by atoms with Crippen LogP contribution in [0.2, 0.25) is 0 Å². The second-order valence-corrected chi connectivity index (χ2v) is 6.74. The van der Waals surface area contributed by atoms with Crippen molar-refractivity contribution in [1.29, 1.82) is 0 Å². The monoisotopic (exact) mass is 396 g/mol. The second kappa shape index (κ2) is 8.53. The van der Waals surface area contributed by atoms with E-state index in [1.54, 1.807) is 13.2 Å². The highest BCUT2D eigenvalue weighted by atomic mass is 16.5. The van der Waals surface area contributed by atoms with Crippen LogP contribution in [0.5, 0.6) is 17.2 Å². The summed E-state index contributed by atoms with van der Waals surface area (Å²) < 4.78 is 11.7. The lowest BCUT2D eigenvalue weighted by Crippen LogP contribution is -1.92. The number of fused-ring (bicyclic) bond motifs is 1. The maximum absolute atomic E-state index is 10.7. The summed E-state index contributed by atoms with van der Waals surface area (Å²) in [7, 11) is 1.65. The average molecular weight is 396 g/mol. The van der Waals surface area contributed by atoms with Crippen molar-refractivity contribution >= 4 is 22.8 Å². The molecule has 0 saturated heterocycles. The lowest BCUT2D eigenvalue weighted by molar-refractivity contribution is -0.131. The van der Waals surface area contributed by atoms with Crippen molar-refractivity contribution in [2.45, 2.75) is 0 Å². The molecule has 148 valence electrons. The number of benzene rings is 4. The highest BCUT2D eigenvalue weighted by Crippen LogP contribution is 2.40. The molecule has 0 bridgehead atoms. The summed E-state index contributed by atoms with van der Waals surface area (Å²) in [5.41, 5.74) is 2.84. The standard InChI is InChI=1S/C26H20O4/c1-29-22-13-15-24-20(17-22)10-14-23(19-5-3-2-4-6-19)26(24)30-21-11-7-18(8-12-21)9-16-25(27)28/h2-17H,1H3,(H,27,28)/b16-9+. The first-order valence-corrected chi connectivity index (χ1v) is 9.49. The van der Waals surface area contributed by atoms with E-state index in [1.165, 1.54) is 0 Å². The van der Waals surface area contributed by atoms with Gasteiger partial charge in [0.2, 0.25) is 0 Å². The Morgan fingerprint density at radius 3 is 2.30 bits per heavy atom. The van der Waals surface area contributed by atoms with E-state index in [0.29, 0.717) is 5.75 Å². The maximum Gasteiger partial charge on any atom is 0.328 e. The molecule has 0 atom stereocenters. The van der Waals surface area contributed by atoms with E-state index >= 15 is 0 Å². The van der Waals surface area contributed by atoms with E-state index in [1.807, 2.05) is 60.7 Å². The van der Waals surface area contributed by atoms with Crippen molar-refractivity contribution in [3.8, 4) is 28.4 Å². The average Bonchev–Trinajstić information content (AvgIpc) is 2.79. The summed E-state index contributed by atoms with van der Waals surface area (Å²) >= 11 is 0. The highest BCUT2D eigenvalue weighted by molar-refractivity contribution is 5.96. The van der Waals surface area contributed by atoms with Crippen molar-refractivity contribution in [2.75, 3.05) is 7.11 Å². The Balaban J connectivity index is 1.78. The lowest BCUT2D eigenvalue weighted by atomic mass is 9.99. The molecule has 0 amide bonds. The Morgan fingerprint density at radius 2 is 1.60 bits per heavy atom. The molecule has 0 aliphatic heterocycles. The molecule has 0 saturated carbocycles. The predicted octanol–water partition coefficient (Wildman–Crippen LogP) is 6.41. The summed E-state index contributed by atoms with van der Waals surface area (Å²) in [6.07, 6.45) is 2.66. The van der Waals surface area contributed by atoms with Crippen LogP contribution in [0.4, 0.5) is 0 Å². The van der Waals surface area contributed by atoms with E-state index in [2.05, 4.69) is 24.3 Å². The number of ether oxygens (including phenoxy) is 2. The number of methoxy groups -OCH3 is 1. The summed E-state index contributed by atoms with van der Waals surface area (Å²) in [4.78, 5) is 10.7. The van der Waals surface area contributed by atoms with Gasteiger partial charge in [-0.25, -0.2) is 4.79 Å². The van der Waals surface area contributed by atoms with Crippen LogP contribution in [-0.2, 0) is 4.79 Å². The molecule has 0 spiro atoms. The van der Waals surface area contributed by atoms with Gasteiger partial charge >= 0.3 is 5.97 Å². The van der Waals surface area contributed by atoms with E-state index < -0.39 is 5.97 Å². The van der Waals surface area contributed by atoms with Gasteiger partial charge < -0.3 is 14.6 Å². The zero-order valence-electron chi connectivity index (χ0n) is 16.4. The molecule has 4 rings (SSSR count). The van der Waals surface area contributed by atoms with Gasteiger partial charge in [-0.2, -0.15) is 0 Å². The van der Waals surface area contributed by atoms with Gasteiger partial charge in [0.25, 0.3) is 0 Å². The van der Waals surface area contributed by atoms with E-state index in [9.17, 15) is 4.79 Å². The molecular weight excluding hydrogens is 376 g/mol. The van der Waals surface area contributed by atoms with Crippen LogP contribution in [0.25, 0.3) is 28.0 Å². The van der Waals surface area contributed by atoms with Gasteiger partial charge in [0, 0.05) is 17.0 Å². The number of rotatable bonds is 6. The summed E-state index contributed by atoms with van der Waals surface area (Å²) in [5, 5.41) is 10.8. The first kappa shape index (κ1) is 19.3. The molecule has 0 heterocycles. The molecule has 1 N–H and O–H groups in total. The van der Waals surface area contributed by atoms with Gasteiger partial charge in [0.15, 0.2) is 0 Å². The molecule has 4 aromatic rings. The van der Waals surface area contributed by atoms with Gasteiger partial charge in [-0.15, -0.1) is 0 Å². The number of carboxylic acids is 1. The van der Waals surface area contributed by atoms with Crippen LogP contribution in [0, 0.1) is 0 Å². The number of aliphatic carboxylic acids is 1. The Bertz CT molecular complexity index is 1210. The molecule has 0 aliphatic rings. The molecule has 0 fully saturated rings. The molecule has 4 heteroatoms. The molecule has 0 radical (unpaired) electrons. The maximum atomic E-state index is 10.7. The largest absolute Gasteiger partial charge is 0.497 e. The van der Waals surface area contributed by atoms with Crippen LogP contribution in [0.15, 0.2) is 91.0 Å². The van der Waals surface area contributed by atoms with E-state index in [-0.39, 0.29) is 0 Å². The fourth-order valence-corrected chi connectivity index (χ4v) is 3.29. The Morgan fingerprint density at radius 1 is 0.867 bits per heavy atom. The Kier molecular flexibility index (Phi) is 5.48. The normalized spacial score (nSPS) is 11.0. The Hall–Kier alpha value is -4.05. The van der Waals surface area contributed by atoms with Gasteiger partial charge in [-0.3, -0.25) is 0 Å². The molecule has 30 heavy (non-hydrogen) atoms.